The van der Waals surface area contributed by atoms with E-state index in [0.29, 0.717) is 18.3 Å². The third kappa shape index (κ3) is 4.57. The summed E-state index contributed by atoms with van der Waals surface area (Å²) in [6, 6.07) is 6.93. The molecule has 0 bridgehead atoms. The minimum atomic E-state index is -0.150. The molecule has 0 aliphatic heterocycles. The smallest absolute Gasteiger partial charge is 0.128 e. The van der Waals surface area contributed by atoms with Crippen molar-refractivity contribution in [2.45, 2.75) is 57.6 Å². The molecule has 1 aliphatic rings. The summed E-state index contributed by atoms with van der Waals surface area (Å²) in [7, 11) is 0. The largest absolute Gasteiger partial charge is 0.376 e. The van der Waals surface area contributed by atoms with Crippen LogP contribution < -0.4 is 5.32 Å². The van der Waals surface area contributed by atoms with E-state index in [1.54, 1.807) is 6.07 Å². The van der Waals surface area contributed by atoms with Crippen LogP contribution in [0.5, 0.6) is 0 Å². The Hall–Kier alpha value is -0.930. The SMILES string of the molecule is CCNC(COC1CCCCCC1)c1ccccc1F. The number of hydrogen-bond acceptors (Lipinski definition) is 2. The van der Waals surface area contributed by atoms with Crippen LogP contribution in [0.3, 0.4) is 0 Å². The molecule has 0 spiro atoms. The molecule has 3 heteroatoms. The first-order chi connectivity index (χ1) is 9.81. The van der Waals surface area contributed by atoms with Gasteiger partial charge in [0.2, 0.25) is 0 Å². The van der Waals surface area contributed by atoms with E-state index in [1.165, 1.54) is 31.7 Å². The maximum Gasteiger partial charge on any atom is 0.128 e. The lowest BCUT2D eigenvalue weighted by molar-refractivity contribution is 0.0285. The topological polar surface area (TPSA) is 21.3 Å². The van der Waals surface area contributed by atoms with Crippen molar-refractivity contribution in [3.8, 4) is 0 Å². The van der Waals surface area contributed by atoms with Gasteiger partial charge in [-0.15, -0.1) is 0 Å². The third-order valence-electron chi connectivity index (χ3n) is 4.03. The summed E-state index contributed by atoms with van der Waals surface area (Å²) < 4.78 is 20.0. The number of ether oxygens (including phenoxy) is 1. The number of rotatable bonds is 6. The third-order valence-corrected chi connectivity index (χ3v) is 4.03. The van der Waals surface area contributed by atoms with Crippen LogP contribution >= 0.6 is 0 Å². The van der Waals surface area contributed by atoms with Gasteiger partial charge in [0.1, 0.15) is 5.82 Å². The van der Waals surface area contributed by atoms with E-state index in [2.05, 4.69) is 5.32 Å². The summed E-state index contributed by atoms with van der Waals surface area (Å²) >= 11 is 0. The maximum absolute atomic E-state index is 13.9. The van der Waals surface area contributed by atoms with Crippen LogP contribution in [0.4, 0.5) is 4.39 Å². The van der Waals surface area contributed by atoms with E-state index in [0.717, 1.165) is 19.4 Å². The fraction of sp³-hybridized carbons (Fsp3) is 0.647. The van der Waals surface area contributed by atoms with Crippen LogP contribution in [0.2, 0.25) is 0 Å². The lowest BCUT2D eigenvalue weighted by Crippen LogP contribution is -2.28. The van der Waals surface area contributed by atoms with E-state index in [9.17, 15) is 4.39 Å². The van der Waals surface area contributed by atoms with Gasteiger partial charge in [-0.05, 0) is 25.5 Å². The second-order valence-electron chi connectivity index (χ2n) is 5.58. The molecule has 112 valence electrons. The number of hydrogen-bond donors (Lipinski definition) is 1. The van der Waals surface area contributed by atoms with Crippen LogP contribution in [-0.4, -0.2) is 19.3 Å². The predicted molar refractivity (Wildman–Crippen MR) is 80.3 cm³/mol. The van der Waals surface area contributed by atoms with E-state index >= 15 is 0 Å². The van der Waals surface area contributed by atoms with Gasteiger partial charge in [-0.2, -0.15) is 0 Å². The average Bonchev–Trinajstić information content (AvgIpc) is 2.73. The zero-order valence-electron chi connectivity index (χ0n) is 12.4. The Labute approximate surface area is 121 Å². The molecule has 0 saturated heterocycles. The molecule has 0 radical (unpaired) electrons. The van der Waals surface area contributed by atoms with Crippen molar-refractivity contribution in [1.29, 1.82) is 0 Å². The monoisotopic (exact) mass is 279 g/mol. The van der Waals surface area contributed by atoms with Gasteiger partial charge >= 0.3 is 0 Å². The van der Waals surface area contributed by atoms with E-state index in [-0.39, 0.29) is 11.9 Å². The summed E-state index contributed by atoms with van der Waals surface area (Å²) in [5.74, 6) is -0.150. The fourth-order valence-corrected chi connectivity index (χ4v) is 2.90. The number of benzene rings is 1. The molecule has 0 heterocycles. The first-order valence-corrected chi connectivity index (χ1v) is 7.90. The Balaban J connectivity index is 1.93. The molecule has 0 amide bonds. The van der Waals surface area contributed by atoms with Crippen LogP contribution in [0, 0.1) is 5.82 Å². The predicted octanol–water partition coefficient (Wildman–Crippen LogP) is 4.22. The van der Waals surface area contributed by atoms with Gasteiger partial charge in [-0.3, -0.25) is 0 Å². The van der Waals surface area contributed by atoms with Crippen molar-refractivity contribution < 1.29 is 9.13 Å². The second-order valence-corrected chi connectivity index (χ2v) is 5.58. The molecular weight excluding hydrogens is 253 g/mol. The van der Waals surface area contributed by atoms with Crippen molar-refractivity contribution in [1.82, 2.24) is 5.32 Å². The number of likely N-dealkylation sites (N-methyl/N-ethyl adjacent to an activating group) is 1. The molecule has 1 saturated carbocycles. The first-order valence-electron chi connectivity index (χ1n) is 7.90. The molecule has 2 rings (SSSR count). The number of halogens is 1. The molecule has 1 aromatic carbocycles. The second kappa shape index (κ2) is 8.38. The van der Waals surface area contributed by atoms with Crippen molar-refractivity contribution in [3.05, 3.63) is 35.6 Å². The minimum absolute atomic E-state index is 0.0514. The highest BCUT2D eigenvalue weighted by molar-refractivity contribution is 5.21. The average molecular weight is 279 g/mol. The Morgan fingerprint density at radius 2 is 1.90 bits per heavy atom. The molecule has 1 aliphatic carbocycles. The van der Waals surface area contributed by atoms with E-state index in [1.807, 2.05) is 19.1 Å². The lowest BCUT2D eigenvalue weighted by Gasteiger charge is -2.23. The van der Waals surface area contributed by atoms with Gasteiger partial charge in [0.15, 0.2) is 0 Å². The quantitative estimate of drug-likeness (QED) is 0.787. The lowest BCUT2D eigenvalue weighted by atomic mass is 10.1. The van der Waals surface area contributed by atoms with E-state index in [4.69, 9.17) is 4.74 Å². The van der Waals surface area contributed by atoms with Gasteiger partial charge in [0.25, 0.3) is 0 Å². The van der Waals surface area contributed by atoms with Crippen molar-refractivity contribution in [3.63, 3.8) is 0 Å². The van der Waals surface area contributed by atoms with Crippen molar-refractivity contribution in [2.75, 3.05) is 13.2 Å². The molecular formula is C17H26FNO. The Morgan fingerprint density at radius 3 is 2.55 bits per heavy atom. The molecule has 1 fully saturated rings. The first kappa shape index (κ1) is 15.5. The Morgan fingerprint density at radius 1 is 1.20 bits per heavy atom. The van der Waals surface area contributed by atoms with E-state index < -0.39 is 0 Å². The van der Waals surface area contributed by atoms with Gasteiger partial charge in [-0.1, -0.05) is 50.8 Å². The minimum Gasteiger partial charge on any atom is -0.376 e. The highest BCUT2D eigenvalue weighted by atomic mass is 19.1. The van der Waals surface area contributed by atoms with Crippen LogP contribution in [0.1, 0.15) is 57.1 Å². The highest BCUT2D eigenvalue weighted by Gasteiger charge is 2.18. The summed E-state index contributed by atoms with van der Waals surface area (Å²) in [4.78, 5) is 0. The molecule has 20 heavy (non-hydrogen) atoms. The standard InChI is InChI=1S/C17H26FNO/c1-2-19-17(15-11-7-8-12-16(15)18)13-20-14-9-5-3-4-6-10-14/h7-8,11-12,14,17,19H,2-6,9-10,13H2,1H3. The summed E-state index contributed by atoms with van der Waals surface area (Å²) in [5, 5.41) is 3.33. The van der Waals surface area contributed by atoms with Gasteiger partial charge in [-0.25, -0.2) is 4.39 Å². The van der Waals surface area contributed by atoms with Crippen LogP contribution in [0.15, 0.2) is 24.3 Å². The van der Waals surface area contributed by atoms with Crippen LogP contribution in [-0.2, 0) is 4.74 Å². The molecule has 1 N–H and O–H groups in total. The molecule has 1 unspecified atom stereocenters. The fourth-order valence-electron chi connectivity index (χ4n) is 2.90. The zero-order valence-corrected chi connectivity index (χ0v) is 12.4. The molecule has 2 nitrogen and oxygen atoms in total. The zero-order chi connectivity index (χ0) is 14.2. The Kier molecular flexibility index (Phi) is 6.48. The summed E-state index contributed by atoms with van der Waals surface area (Å²) in [6.45, 7) is 3.41. The van der Waals surface area contributed by atoms with Gasteiger partial charge in [0.05, 0.1) is 18.8 Å². The summed E-state index contributed by atoms with van der Waals surface area (Å²) in [6.07, 6.45) is 7.82. The Bertz CT molecular complexity index is 388. The summed E-state index contributed by atoms with van der Waals surface area (Å²) in [5.41, 5.74) is 0.711. The van der Waals surface area contributed by atoms with Gasteiger partial charge < -0.3 is 10.1 Å². The normalized spacial score (nSPS) is 18.7. The molecule has 0 aromatic heterocycles. The maximum atomic E-state index is 13.9. The number of nitrogens with one attached hydrogen (secondary N) is 1. The van der Waals surface area contributed by atoms with Gasteiger partial charge in [0, 0.05) is 5.56 Å². The van der Waals surface area contributed by atoms with Crippen molar-refractivity contribution >= 4 is 0 Å². The van der Waals surface area contributed by atoms with Crippen LogP contribution in [0.25, 0.3) is 0 Å². The molecule has 1 aromatic rings. The van der Waals surface area contributed by atoms with Crippen molar-refractivity contribution in [2.24, 2.45) is 0 Å². The molecule has 1 atom stereocenters. The highest BCUT2D eigenvalue weighted by Crippen LogP contribution is 2.23.